The lowest BCUT2D eigenvalue weighted by atomic mass is 10.0. The Morgan fingerprint density at radius 1 is 1.06 bits per heavy atom. The van der Waals surface area contributed by atoms with Crippen LogP contribution in [0.3, 0.4) is 0 Å². The van der Waals surface area contributed by atoms with Gasteiger partial charge in [0.25, 0.3) is 0 Å². The number of carbonyl (C=O) groups excluding carboxylic acids is 2. The Bertz CT molecular complexity index is 1360. The van der Waals surface area contributed by atoms with Gasteiger partial charge in [-0.15, -0.1) is 0 Å². The fourth-order valence-corrected chi connectivity index (χ4v) is 3.62. The molecule has 0 unspecified atom stereocenters. The van der Waals surface area contributed by atoms with Gasteiger partial charge in [0.1, 0.15) is 11.3 Å². The van der Waals surface area contributed by atoms with Gasteiger partial charge in [-0.1, -0.05) is 18.2 Å². The summed E-state index contributed by atoms with van der Waals surface area (Å²) < 4.78 is 15.9. The highest BCUT2D eigenvalue weighted by molar-refractivity contribution is 6.11. The number of aromatic nitrogens is 1. The number of fused-ring (bicyclic) bond motifs is 2. The Morgan fingerprint density at radius 3 is 2.65 bits per heavy atom. The van der Waals surface area contributed by atoms with Crippen molar-refractivity contribution in [3.05, 3.63) is 75.8 Å². The number of nitrogens with one attached hydrogen (secondary N) is 1. The third-order valence-electron chi connectivity index (χ3n) is 5.10. The van der Waals surface area contributed by atoms with Gasteiger partial charge in [0.05, 0.1) is 0 Å². The summed E-state index contributed by atoms with van der Waals surface area (Å²) in [5, 5.41) is 1.57. The fourth-order valence-electron chi connectivity index (χ4n) is 3.62. The van der Waals surface area contributed by atoms with Gasteiger partial charge in [0, 0.05) is 39.7 Å². The summed E-state index contributed by atoms with van der Waals surface area (Å²) in [5.74, 6) is -0.611. The molecule has 0 fully saturated rings. The molecule has 1 atom stereocenters. The average Bonchev–Trinajstić information content (AvgIpc) is 3.06. The zero-order valence-electron chi connectivity index (χ0n) is 17.4. The molecule has 2 aromatic carbocycles. The number of aryl methyl sites for hydroxylation is 2. The highest BCUT2D eigenvalue weighted by Gasteiger charge is 2.24. The molecular weight excluding hydrogens is 398 g/mol. The van der Waals surface area contributed by atoms with E-state index in [0.717, 1.165) is 27.5 Å². The summed E-state index contributed by atoms with van der Waals surface area (Å²) in [6.45, 7) is 4.77. The van der Waals surface area contributed by atoms with Gasteiger partial charge in [-0.25, -0.2) is 9.59 Å². The lowest BCUT2D eigenvalue weighted by Crippen LogP contribution is -2.27. The van der Waals surface area contributed by atoms with Gasteiger partial charge in [0.15, 0.2) is 12.7 Å². The molecule has 7 heteroatoms. The van der Waals surface area contributed by atoms with Crippen molar-refractivity contribution in [1.82, 2.24) is 4.98 Å². The first-order chi connectivity index (χ1) is 14.8. The Morgan fingerprint density at radius 2 is 1.84 bits per heavy atom. The van der Waals surface area contributed by atoms with Gasteiger partial charge in [-0.3, -0.25) is 4.79 Å². The molecule has 4 aromatic rings. The highest BCUT2D eigenvalue weighted by Crippen LogP contribution is 2.24. The standard InChI is InChI=1S/C24H21NO6/c1-13-10-21(26)31-20-11-16(8-9-17(13)20)29-12-22(27)30-15(3)24(28)23-14(2)25-19-7-5-4-6-18(19)23/h4-11,15,25H,12H2,1-3H3/t15-/m1/s1. The monoisotopic (exact) mass is 419 g/mol. The normalized spacial score (nSPS) is 12.1. The molecule has 1 N–H and O–H groups in total. The Labute approximate surface area is 177 Å². The second kappa shape index (κ2) is 8.10. The maximum Gasteiger partial charge on any atom is 0.344 e. The molecule has 0 spiro atoms. The minimum atomic E-state index is -0.966. The first-order valence-corrected chi connectivity index (χ1v) is 9.82. The van der Waals surface area contributed by atoms with Crippen molar-refractivity contribution in [1.29, 1.82) is 0 Å². The summed E-state index contributed by atoms with van der Waals surface area (Å²) in [4.78, 5) is 39.8. The number of hydrogen-bond acceptors (Lipinski definition) is 6. The van der Waals surface area contributed by atoms with Crippen LogP contribution in [0, 0.1) is 13.8 Å². The number of benzene rings is 2. The predicted molar refractivity (Wildman–Crippen MR) is 116 cm³/mol. The average molecular weight is 419 g/mol. The van der Waals surface area contributed by atoms with E-state index >= 15 is 0 Å². The highest BCUT2D eigenvalue weighted by atomic mass is 16.6. The molecule has 0 saturated carbocycles. The number of ether oxygens (including phenoxy) is 2. The van der Waals surface area contributed by atoms with E-state index in [1.807, 2.05) is 38.1 Å². The van der Waals surface area contributed by atoms with E-state index in [0.29, 0.717) is 16.9 Å². The van der Waals surface area contributed by atoms with E-state index in [1.54, 1.807) is 18.2 Å². The molecule has 0 radical (unpaired) electrons. The Kier molecular flexibility index (Phi) is 5.33. The van der Waals surface area contributed by atoms with Crippen LogP contribution >= 0.6 is 0 Å². The number of rotatable bonds is 6. The van der Waals surface area contributed by atoms with Crippen molar-refractivity contribution >= 4 is 33.6 Å². The quantitative estimate of drug-likeness (QED) is 0.287. The smallest absolute Gasteiger partial charge is 0.344 e. The van der Waals surface area contributed by atoms with Crippen LogP contribution in [0.25, 0.3) is 21.9 Å². The lowest BCUT2D eigenvalue weighted by molar-refractivity contribution is -0.148. The second-order valence-corrected chi connectivity index (χ2v) is 7.36. The van der Waals surface area contributed by atoms with Gasteiger partial charge in [0.2, 0.25) is 5.78 Å². The molecule has 0 bridgehead atoms. The summed E-state index contributed by atoms with van der Waals surface area (Å²) in [5.41, 5.74) is 2.78. The number of ketones is 1. The van der Waals surface area contributed by atoms with E-state index in [1.165, 1.54) is 13.0 Å². The SMILES string of the molecule is Cc1[nH]c2ccccc2c1C(=O)[C@@H](C)OC(=O)COc1ccc2c(C)cc(=O)oc2c1. The van der Waals surface area contributed by atoms with E-state index in [9.17, 15) is 14.4 Å². The summed E-state index contributed by atoms with van der Waals surface area (Å²) in [7, 11) is 0. The third-order valence-corrected chi connectivity index (χ3v) is 5.10. The molecule has 7 nitrogen and oxygen atoms in total. The number of H-pyrrole nitrogens is 1. The molecule has 4 rings (SSSR count). The van der Waals surface area contributed by atoms with Crippen LogP contribution in [-0.4, -0.2) is 29.4 Å². The molecule has 0 amide bonds. The molecule has 0 aliphatic heterocycles. The van der Waals surface area contributed by atoms with Crippen molar-refractivity contribution in [3.8, 4) is 5.75 Å². The first-order valence-electron chi connectivity index (χ1n) is 9.82. The van der Waals surface area contributed by atoms with Crippen LogP contribution in [0.15, 0.2) is 57.7 Å². The van der Waals surface area contributed by atoms with Crippen LogP contribution in [0.1, 0.15) is 28.5 Å². The molecule has 0 saturated heterocycles. The van der Waals surface area contributed by atoms with Gasteiger partial charge < -0.3 is 18.9 Å². The van der Waals surface area contributed by atoms with Crippen molar-refractivity contribution in [3.63, 3.8) is 0 Å². The second-order valence-electron chi connectivity index (χ2n) is 7.36. The van der Waals surface area contributed by atoms with Crippen LogP contribution in [-0.2, 0) is 9.53 Å². The van der Waals surface area contributed by atoms with Crippen molar-refractivity contribution in [2.24, 2.45) is 0 Å². The van der Waals surface area contributed by atoms with E-state index in [-0.39, 0.29) is 12.4 Å². The van der Waals surface area contributed by atoms with Crippen LogP contribution in [0.5, 0.6) is 5.75 Å². The zero-order valence-corrected chi connectivity index (χ0v) is 17.4. The van der Waals surface area contributed by atoms with Crippen LogP contribution in [0.4, 0.5) is 0 Å². The molecule has 0 aliphatic carbocycles. The van der Waals surface area contributed by atoms with Crippen molar-refractivity contribution in [2.75, 3.05) is 6.61 Å². The first kappa shape index (κ1) is 20.4. The topological polar surface area (TPSA) is 98.6 Å². The number of carbonyl (C=O) groups is 2. The molecule has 31 heavy (non-hydrogen) atoms. The van der Waals surface area contributed by atoms with Gasteiger partial charge in [-0.05, 0) is 44.5 Å². The molecule has 158 valence electrons. The minimum absolute atomic E-state index is 0.286. The number of hydrogen-bond donors (Lipinski definition) is 1. The summed E-state index contributed by atoms with van der Waals surface area (Å²) >= 11 is 0. The predicted octanol–water partition coefficient (Wildman–Crippen LogP) is 4.08. The maximum absolute atomic E-state index is 12.9. The maximum atomic E-state index is 12.9. The van der Waals surface area contributed by atoms with Crippen molar-refractivity contribution < 1.29 is 23.5 Å². The van der Waals surface area contributed by atoms with Crippen LogP contribution < -0.4 is 10.4 Å². The van der Waals surface area contributed by atoms with E-state index in [4.69, 9.17) is 13.9 Å². The zero-order chi connectivity index (χ0) is 22.1. The number of esters is 1. The molecular formula is C24H21NO6. The Balaban J connectivity index is 1.42. The van der Waals surface area contributed by atoms with Crippen LogP contribution in [0.2, 0.25) is 0 Å². The lowest BCUT2D eigenvalue weighted by Gasteiger charge is -2.13. The molecule has 2 aromatic heterocycles. The fraction of sp³-hybridized carbons (Fsp3) is 0.208. The number of aromatic amines is 1. The van der Waals surface area contributed by atoms with Gasteiger partial charge >= 0.3 is 11.6 Å². The molecule has 2 heterocycles. The minimum Gasteiger partial charge on any atom is -0.482 e. The largest absolute Gasteiger partial charge is 0.482 e. The third kappa shape index (κ3) is 4.07. The van der Waals surface area contributed by atoms with E-state index in [2.05, 4.69) is 4.98 Å². The van der Waals surface area contributed by atoms with Crippen molar-refractivity contribution in [2.45, 2.75) is 26.9 Å². The summed E-state index contributed by atoms with van der Waals surface area (Å²) in [6.07, 6.45) is -0.966. The number of para-hydroxylation sites is 1. The van der Waals surface area contributed by atoms with E-state index < -0.39 is 17.7 Å². The van der Waals surface area contributed by atoms with Gasteiger partial charge in [-0.2, -0.15) is 0 Å². The molecule has 0 aliphatic rings. The number of Topliss-reactive ketones (excluding diaryl/α,β-unsaturated/α-hetero) is 1. The Hall–Kier alpha value is -3.87. The summed E-state index contributed by atoms with van der Waals surface area (Å²) in [6, 6.07) is 13.8.